The van der Waals surface area contributed by atoms with Gasteiger partial charge in [-0.15, -0.1) is 0 Å². The third-order valence-corrected chi connectivity index (χ3v) is 12.4. The molecule has 6 aromatic rings. The number of hydrogen-bond acceptors (Lipinski definition) is 11. The van der Waals surface area contributed by atoms with Crippen molar-refractivity contribution in [2.45, 2.75) is 19.6 Å². The molecule has 0 bridgehead atoms. The van der Waals surface area contributed by atoms with Crippen molar-refractivity contribution in [2.75, 3.05) is 20.1 Å². The summed E-state index contributed by atoms with van der Waals surface area (Å²) in [6.07, 6.45) is 0. The van der Waals surface area contributed by atoms with Crippen LogP contribution >= 0.6 is 0 Å². The van der Waals surface area contributed by atoms with Crippen LogP contribution in [-0.4, -0.2) is 59.0 Å². The molecule has 0 aromatic heterocycles. The number of carbonyl (C=O) groups excluding carboxylic acids is 1. The lowest BCUT2D eigenvalue weighted by Crippen LogP contribution is -2.20. The smallest absolute Gasteiger partial charge is 0.323 e. The highest BCUT2D eigenvalue weighted by molar-refractivity contribution is 7.93. The predicted octanol–water partition coefficient (Wildman–Crippen LogP) is 5.14. The number of hydrogen-bond donors (Lipinski definition) is 8. The number of phenolic OH excluding ortho intramolecular Hbond substituents is 2. The van der Waals surface area contributed by atoms with Crippen molar-refractivity contribution >= 4 is 90.6 Å². The number of phenols is 2. The third kappa shape index (κ3) is 7.71. The monoisotopic (exact) mass is 814 g/mol. The normalized spacial score (nSPS) is 12.3. The molecule has 8 N–H and O–H groups in total. The van der Waals surface area contributed by atoms with E-state index in [1.165, 1.54) is 72.8 Å². The molecule has 6 aromatic carbocycles. The Bertz CT molecular complexity index is 2740. The SMILES string of the molecule is O=C(Nc1ccc(S(=O)(=O)Nc2cc(S(=O)(=O)O)c3ccccc3c2O)cc1)Nc1ccc(S(=O)(=O)Nc2cc(S(=O)(=O)O)c3ccccc3c2O)cc1. The number of fused-ring (bicyclic) bond motifs is 2. The van der Waals surface area contributed by atoms with Crippen LogP contribution in [-0.2, 0) is 40.3 Å². The molecule has 21 heteroatoms. The van der Waals surface area contributed by atoms with Crippen LogP contribution < -0.4 is 20.1 Å². The van der Waals surface area contributed by atoms with Gasteiger partial charge in [-0.05, 0) is 60.7 Å². The van der Waals surface area contributed by atoms with E-state index in [0.717, 1.165) is 36.4 Å². The second-order valence-electron chi connectivity index (χ2n) is 11.4. The maximum Gasteiger partial charge on any atom is 0.323 e. The van der Waals surface area contributed by atoms with E-state index in [1.807, 2.05) is 0 Å². The molecule has 6 rings (SSSR count). The lowest BCUT2D eigenvalue weighted by Gasteiger charge is -2.14. The fourth-order valence-electron chi connectivity index (χ4n) is 5.37. The topological polar surface area (TPSA) is 283 Å². The minimum absolute atomic E-state index is 0.0376. The molecule has 0 atom stereocenters. The highest BCUT2D eigenvalue weighted by atomic mass is 32.2. The molecule has 0 spiro atoms. The summed E-state index contributed by atoms with van der Waals surface area (Å²) in [5.74, 6) is -1.17. The van der Waals surface area contributed by atoms with Gasteiger partial charge in [0.25, 0.3) is 40.3 Å². The Balaban J connectivity index is 1.13. The number of anilines is 4. The molecule has 17 nitrogen and oxygen atoms in total. The quantitative estimate of drug-likeness (QED) is 0.0657. The van der Waals surface area contributed by atoms with Crippen molar-refractivity contribution < 1.29 is 57.8 Å². The Labute approximate surface area is 307 Å². The van der Waals surface area contributed by atoms with E-state index in [2.05, 4.69) is 20.1 Å². The van der Waals surface area contributed by atoms with Gasteiger partial charge in [-0.2, -0.15) is 16.8 Å². The first-order chi connectivity index (χ1) is 25.2. The number of nitrogens with one attached hydrogen (secondary N) is 4. The molecule has 0 radical (unpaired) electrons. The van der Waals surface area contributed by atoms with Gasteiger partial charge >= 0.3 is 6.03 Å². The van der Waals surface area contributed by atoms with E-state index >= 15 is 0 Å². The minimum atomic E-state index is -4.82. The van der Waals surface area contributed by atoms with E-state index in [4.69, 9.17) is 0 Å². The Morgan fingerprint density at radius 3 is 1.09 bits per heavy atom. The molecule has 0 saturated carbocycles. The van der Waals surface area contributed by atoms with Crippen molar-refractivity contribution in [3.8, 4) is 11.5 Å². The molecule has 0 fully saturated rings. The van der Waals surface area contributed by atoms with E-state index in [-0.39, 0.29) is 42.7 Å². The minimum Gasteiger partial charge on any atom is -0.505 e. The van der Waals surface area contributed by atoms with Crippen molar-refractivity contribution in [1.29, 1.82) is 0 Å². The number of rotatable bonds is 10. The Hall–Kier alpha value is -5.97. The Kier molecular flexibility index (Phi) is 9.64. The highest BCUT2D eigenvalue weighted by Gasteiger charge is 2.25. The van der Waals surface area contributed by atoms with Crippen LogP contribution in [0.1, 0.15) is 0 Å². The number of amides is 2. The summed E-state index contributed by atoms with van der Waals surface area (Å²) in [6, 6.07) is 21.3. The summed E-state index contributed by atoms with van der Waals surface area (Å²) >= 11 is 0. The van der Waals surface area contributed by atoms with E-state index < -0.39 is 79.0 Å². The van der Waals surface area contributed by atoms with Crippen LogP contribution in [0, 0.1) is 0 Å². The van der Waals surface area contributed by atoms with Crippen molar-refractivity contribution in [3.63, 3.8) is 0 Å². The van der Waals surface area contributed by atoms with Crippen LogP contribution in [0.25, 0.3) is 21.5 Å². The summed E-state index contributed by atoms with van der Waals surface area (Å²) in [5, 5.41) is 26.1. The highest BCUT2D eigenvalue weighted by Crippen LogP contribution is 2.39. The average molecular weight is 815 g/mol. The molecular weight excluding hydrogens is 789 g/mol. The molecule has 280 valence electrons. The molecule has 0 saturated heterocycles. The predicted molar refractivity (Wildman–Crippen MR) is 198 cm³/mol. The molecule has 0 heterocycles. The second kappa shape index (κ2) is 13.8. The maximum absolute atomic E-state index is 13.1. The summed E-state index contributed by atoms with van der Waals surface area (Å²) in [4.78, 5) is 10.7. The first-order valence-electron chi connectivity index (χ1n) is 15.0. The van der Waals surface area contributed by atoms with Gasteiger partial charge in [-0.3, -0.25) is 18.5 Å². The molecule has 0 aliphatic carbocycles. The Morgan fingerprint density at radius 1 is 0.463 bits per heavy atom. The summed E-state index contributed by atoms with van der Waals surface area (Å²) in [7, 11) is -18.5. The molecule has 2 amide bonds. The van der Waals surface area contributed by atoms with Crippen molar-refractivity contribution in [3.05, 3.63) is 109 Å². The fraction of sp³-hybridized carbons (Fsp3) is 0. The van der Waals surface area contributed by atoms with Gasteiger partial charge < -0.3 is 20.8 Å². The third-order valence-electron chi connectivity index (χ3n) is 7.85. The molecule has 0 unspecified atom stereocenters. The van der Waals surface area contributed by atoms with Crippen molar-refractivity contribution in [2.24, 2.45) is 0 Å². The van der Waals surface area contributed by atoms with Gasteiger partial charge in [0, 0.05) is 32.9 Å². The van der Waals surface area contributed by atoms with E-state index in [9.17, 15) is 57.8 Å². The van der Waals surface area contributed by atoms with Crippen LogP contribution in [0.5, 0.6) is 11.5 Å². The second-order valence-corrected chi connectivity index (χ2v) is 17.6. The van der Waals surface area contributed by atoms with Crippen LogP contribution in [0.15, 0.2) is 129 Å². The van der Waals surface area contributed by atoms with Gasteiger partial charge in [-0.25, -0.2) is 21.6 Å². The first kappa shape index (κ1) is 37.8. The number of benzene rings is 6. The van der Waals surface area contributed by atoms with Crippen molar-refractivity contribution in [1.82, 2.24) is 0 Å². The summed E-state index contributed by atoms with van der Waals surface area (Å²) in [6.45, 7) is 0. The van der Waals surface area contributed by atoms with E-state index in [0.29, 0.717) is 0 Å². The number of urea groups is 1. The summed E-state index contributed by atoms with van der Waals surface area (Å²) < 4.78 is 124. The molecular formula is C33H26N4O13S4. The van der Waals surface area contributed by atoms with Gasteiger partial charge in [0.15, 0.2) is 0 Å². The fourth-order valence-corrected chi connectivity index (χ4v) is 8.93. The van der Waals surface area contributed by atoms with Crippen LogP contribution in [0.4, 0.5) is 27.5 Å². The lowest BCUT2D eigenvalue weighted by atomic mass is 10.1. The number of carbonyl (C=O) groups is 1. The number of sulfonamides is 2. The molecule has 0 aliphatic heterocycles. The standard InChI is InChI=1S/C33H26N4O13S4/c38-31-25-7-3-1-5-23(25)29(53(45,46)47)17-27(31)36-51(41,42)21-13-9-19(10-14-21)34-33(40)35-20-11-15-22(16-12-20)52(43,44)37-28-18-30(54(48,49)50)24-6-2-4-8-26(24)32(28)39/h1-18,36-39H,(H2,34,35,40)(H,45,46,47)(H,48,49,50). The summed E-state index contributed by atoms with van der Waals surface area (Å²) in [5.41, 5.74) is -0.792. The maximum atomic E-state index is 13.1. The van der Waals surface area contributed by atoms with E-state index in [1.54, 1.807) is 0 Å². The largest absolute Gasteiger partial charge is 0.505 e. The average Bonchev–Trinajstić information content (AvgIpc) is 3.10. The van der Waals surface area contributed by atoms with Gasteiger partial charge in [0.05, 0.1) is 21.2 Å². The van der Waals surface area contributed by atoms with Gasteiger partial charge in [-0.1, -0.05) is 48.5 Å². The zero-order chi connectivity index (χ0) is 39.2. The number of aromatic hydroxyl groups is 2. The van der Waals surface area contributed by atoms with Gasteiger partial charge in [0.2, 0.25) is 0 Å². The molecule has 54 heavy (non-hydrogen) atoms. The van der Waals surface area contributed by atoms with Gasteiger partial charge in [0.1, 0.15) is 21.3 Å². The zero-order valence-corrected chi connectivity index (χ0v) is 30.3. The van der Waals surface area contributed by atoms with Crippen LogP contribution in [0.3, 0.4) is 0 Å². The zero-order valence-electron chi connectivity index (χ0n) is 27.0. The van der Waals surface area contributed by atoms with Crippen LogP contribution in [0.2, 0.25) is 0 Å². The lowest BCUT2D eigenvalue weighted by molar-refractivity contribution is 0.262. The molecule has 0 aliphatic rings. The Morgan fingerprint density at radius 2 is 0.778 bits per heavy atom. The first-order valence-corrected chi connectivity index (χ1v) is 20.9.